The third-order valence-corrected chi connectivity index (χ3v) is 3.93. The molecule has 0 atom stereocenters. The maximum Gasteiger partial charge on any atom is 0.254 e. The molecule has 2 aromatic rings. The van der Waals surface area contributed by atoms with Gasteiger partial charge in [0.1, 0.15) is 0 Å². The molecule has 20 heavy (non-hydrogen) atoms. The predicted molar refractivity (Wildman–Crippen MR) is 85.3 cm³/mol. The molecule has 1 amide bonds. The summed E-state index contributed by atoms with van der Waals surface area (Å²) < 4.78 is 0. The Labute approximate surface area is 125 Å². The van der Waals surface area contributed by atoms with Crippen molar-refractivity contribution < 1.29 is 4.79 Å². The van der Waals surface area contributed by atoms with E-state index < -0.39 is 0 Å². The molecule has 0 saturated carbocycles. The van der Waals surface area contributed by atoms with E-state index in [2.05, 4.69) is 29.8 Å². The van der Waals surface area contributed by atoms with Crippen LogP contribution < -0.4 is 0 Å². The van der Waals surface area contributed by atoms with Crippen molar-refractivity contribution in [3.63, 3.8) is 0 Å². The first-order valence-corrected chi connectivity index (χ1v) is 7.93. The minimum Gasteiger partial charge on any atom is -0.334 e. The van der Waals surface area contributed by atoms with Crippen LogP contribution >= 0.6 is 11.3 Å². The highest BCUT2D eigenvalue weighted by atomic mass is 32.1. The van der Waals surface area contributed by atoms with E-state index in [0.29, 0.717) is 6.54 Å². The molecule has 0 spiro atoms. The second-order valence-corrected chi connectivity index (χ2v) is 6.01. The molecule has 106 valence electrons. The van der Waals surface area contributed by atoms with Crippen molar-refractivity contribution in [3.8, 4) is 0 Å². The van der Waals surface area contributed by atoms with Gasteiger partial charge in [0.05, 0.1) is 0 Å². The van der Waals surface area contributed by atoms with Gasteiger partial charge in [-0.05, 0) is 54.8 Å². The fraction of sp³-hybridized carbons (Fsp3) is 0.353. The summed E-state index contributed by atoms with van der Waals surface area (Å²) in [5.41, 5.74) is 4.29. The number of benzene rings is 1. The van der Waals surface area contributed by atoms with Gasteiger partial charge in [0.2, 0.25) is 0 Å². The number of amides is 1. The Morgan fingerprint density at radius 2 is 1.90 bits per heavy atom. The summed E-state index contributed by atoms with van der Waals surface area (Å²) in [4.78, 5) is 14.6. The molecule has 2 rings (SSSR count). The van der Waals surface area contributed by atoms with Crippen LogP contribution in [0, 0.1) is 13.8 Å². The normalized spacial score (nSPS) is 10.6. The van der Waals surface area contributed by atoms with E-state index in [1.54, 1.807) is 11.3 Å². The molecule has 1 aromatic heterocycles. The van der Waals surface area contributed by atoms with Crippen LogP contribution in [0.15, 0.2) is 35.0 Å². The Balaban J connectivity index is 2.21. The van der Waals surface area contributed by atoms with Crippen LogP contribution in [0.2, 0.25) is 0 Å². The summed E-state index contributed by atoms with van der Waals surface area (Å²) in [6.07, 6.45) is 0.973. The number of hydrogen-bond donors (Lipinski definition) is 0. The number of aryl methyl sites for hydroxylation is 2. The molecule has 0 N–H and O–H groups in total. The molecule has 0 unspecified atom stereocenters. The Morgan fingerprint density at radius 1 is 1.20 bits per heavy atom. The predicted octanol–water partition coefficient (Wildman–Crippen LogP) is 4.42. The molecular weight excluding hydrogens is 266 g/mol. The number of thiophene rings is 1. The summed E-state index contributed by atoms with van der Waals surface area (Å²) in [7, 11) is 0. The maximum atomic E-state index is 12.7. The van der Waals surface area contributed by atoms with Crippen LogP contribution in [0.5, 0.6) is 0 Å². The van der Waals surface area contributed by atoms with Gasteiger partial charge in [-0.1, -0.05) is 24.1 Å². The summed E-state index contributed by atoms with van der Waals surface area (Å²) in [6.45, 7) is 7.67. The Kier molecular flexibility index (Phi) is 4.96. The summed E-state index contributed by atoms with van der Waals surface area (Å²) >= 11 is 1.67. The topological polar surface area (TPSA) is 20.3 Å². The monoisotopic (exact) mass is 287 g/mol. The third-order valence-electron chi connectivity index (χ3n) is 3.20. The highest BCUT2D eigenvalue weighted by Crippen LogP contribution is 2.15. The Morgan fingerprint density at radius 3 is 2.45 bits per heavy atom. The molecule has 0 radical (unpaired) electrons. The molecule has 1 heterocycles. The number of carbonyl (C=O) groups is 1. The van der Waals surface area contributed by atoms with Crippen LogP contribution in [0.3, 0.4) is 0 Å². The molecule has 2 nitrogen and oxygen atoms in total. The van der Waals surface area contributed by atoms with E-state index in [1.165, 1.54) is 5.56 Å². The smallest absolute Gasteiger partial charge is 0.254 e. The lowest BCUT2D eigenvalue weighted by atomic mass is 10.1. The lowest BCUT2D eigenvalue weighted by molar-refractivity contribution is 0.0743. The van der Waals surface area contributed by atoms with Gasteiger partial charge >= 0.3 is 0 Å². The Bertz CT molecular complexity index is 554. The first-order valence-electron chi connectivity index (χ1n) is 6.98. The zero-order chi connectivity index (χ0) is 14.5. The van der Waals surface area contributed by atoms with Crippen molar-refractivity contribution in [3.05, 3.63) is 57.3 Å². The van der Waals surface area contributed by atoms with Gasteiger partial charge in [-0.25, -0.2) is 0 Å². The number of carbonyl (C=O) groups excluding carboxylic acids is 1. The van der Waals surface area contributed by atoms with Gasteiger partial charge in [0.15, 0.2) is 0 Å². The first kappa shape index (κ1) is 14.8. The van der Waals surface area contributed by atoms with Gasteiger partial charge in [-0.3, -0.25) is 4.79 Å². The summed E-state index contributed by atoms with van der Waals surface area (Å²) in [5.74, 6) is 0.129. The molecular formula is C17H21NOS. The molecule has 0 aliphatic rings. The first-order chi connectivity index (χ1) is 9.60. The maximum absolute atomic E-state index is 12.7. The highest BCUT2D eigenvalue weighted by molar-refractivity contribution is 7.07. The van der Waals surface area contributed by atoms with E-state index in [0.717, 1.165) is 29.7 Å². The molecule has 0 fully saturated rings. The fourth-order valence-corrected chi connectivity index (χ4v) is 3.07. The lowest BCUT2D eigenvalue weighted by Crippen LogP contribution is -2.31. The standard InChI is InChI=1S/C17H21NOS/c1-4-6-18(11-15-5-7-20-12-15)17(19)16-9-13(2)8-14(3)10-16/h5,7-10,12H,4,6,11H2,1-3H3. The van der Waals surface area contributed by atoms with Gasteiger partial charge in [-0.2, -0.15) is 11.3 Å². The zero-order valence-electron chi connectivity index (χ0n) is 12.3. The molecule has 0 aliphatic heterocycles. The van der Waals surface area contributed by atoms with Gasteiger partial charge in [0, 0.05) is 18.7 Å². The van der Waals surface area contributed by atoms with Gasteiger partial charge < -0.3 is 4.90 Å². The average Bonchev–Trinajstić information content (AvgIpc) is 2.89. The van der Waals surface area contributed by atoms with Crippen LogP contribution in [-0.2, 0) is 6.54 Å². The summed E-state index contributed by atoms with van der Waals surface area (Å²) in [6, 6.07) is 8.14. The molecule has 1 aromatic carbocycles. The number of nitrogens with zero attached hydrogens (tertiary/aromatic N) is 1. The van der Waals surface area contributed by atoms with E-state index in [-0.39, 0.29) is 5.91 Å². The van der Waals surface area contributed by atoms with Crippen molar-refractivity contribution in [2.75, 3.05) is 6.54 Å². The van der Waals surface area contributed by atoms with Gasteiger partial charge in [-0.15, -0.1) is 0 Å². The van der Waals surface area contributed by atoms with Crippen molar-refractivity contribution >= 4 is 17.2 Å². The van der Waals surface area contributed by atoms with Crippen molar-refractivity contribution in [1.82, 2.24) is 4.90 Å². The van der Waals surface area contributed by atoms with Crippen LogP contribution in [-0.4, -0.2) is 17.4 Å². The number of rotatable bonds is 5. The van der Waals surface area contributed by atoms with Gasteiger partial charge in [0.25, 0.3) is 5.91 Å². The van der Waals surface area contributed by atoms with Crippen LogP contribution in [0.25, 0.3) is 0 Å². The van der Waals surface area contributed by atoms with Crippen molar-refractivity contribution in [2.45, 2.75) is 33.7 Å². The summed E-state index contributed by atoms with van der Waals surface area (Å²) in [5, 5.41) is 4.16. The van der Waals surface area contributed by atoms with E-state index in [9.17, 15) is 4.79 Å². The number of hydrogen-bond acceptors (Lipinski definition) is 2. The molecule has 0 bridgehead atoms. The Hall–Kier alpha value is -1.61. The van der Waals surface area contributed by atoms with E-state index in [4.69, 9.17) is 0 Å². The average molecular weight is 287 g/mol. The van der Waals surface area contributed by atoms with E-state index in [1.807, 2.05) is 30.9 Å². The lowest BCUT2D eigenvalue weighted by Gasteiger charge is -2.22. The fourth-order valence-electron chi connectivity index (χ4n) is 2.41. The minimum absolute atomic E-state index is 0.129. The second-order valence-electron chi connectivity index (χ2n) is 5.23. The quantitative estimate of drug-likeness (QED) is 0.797. The SMILES string of the molecule is CCCN(Cc1ccsc1)C(=O)c1cc(C)cc(C)c1. The second kappa shape index (κ2) is 6.71. The van der Waals surface area contributed by atoms with Crippen molar-refractivity contribution in [2.24, 2.45) is 0 Å². The molecule has 0 aliphatic carbocycles. The molecule has 3 heteroatoms. The van der Waals surface area contributed by atoms with Crippen LogP contribution in [0.1, 0.15) is 40.4 Å². The van der Waals surface area contributed by atoms with Crippen molar-refractivity contribution in [1.29, 1.82) is 0 Å². The van der Waals surface area contributed by atoms with Crippen LogP contribution in [0.4, 0.5) is 0 Å². The van der Waals surface area contributed by atoms with E-state index >= 15 is 0 Å². The largest absolute Gasteiger partial charge is 0.334 e. The minimum atomic E-state index is 0.129. The third kappa shape index (κ3) is 3.70. The zero-order valence-corrected chi connectivity index (χ0v) is 13.2. The molecule has 0 saturated heterocycles. The highest BCUT2D eigenvalue weighted by Gasteiger charge is 2.16.